The standard InChI is InChI=1S/C19H32O4/c1-3-19(4-2)13-12-15(23-17(22)11-10-16(20)21)18(19)14-8-6-5-7-9-14/h14-15,18H,3-13H2,1-2H3,(H,20,21). The minimum atomic E-state index is -0.936. The third kappa shape index (κ3) is 4.27. The van der Waals surface area contributed by atoms with Crippen LogP contribution >= 0.6 is 0 Å². The van der Waals surface area contributed by atoms with Crippen LogP contribution < -0.4 is 0 Å². The van der Waals surface area contributed by atoms with Gasteiger partial charge in [-0.1, -0.05) is 58.8 Å². The van der Waals surface area contributed by atoms with Crippen molar-refractivity contribution in [1.29, 1.82) is 0 Å². The van der Waals surface area contributed by atoms with Gasteiger partial charge in [0, 0.05) is 5.92 Å². The largest absolute Gasteiger partial charge is 0.481 e. The van der Waals surface area contributed by atoms with Gasteiger partial charge < -0.3 is 9.84 Å². The maximum Gasteiger partial charge on any atom is 0.306 e. The third-order valence-electron chi connectivity index (χ3n) is 6.43. The van der Waals surface area contributed by atoms with Crippen molar-refractivity contribution in [3.63, 3.8) is 0 Å². The summed E-state index contributed by atoms with van der Waals surface area (Å²) in [4.78, 5) is 22.7. The van der Waals surface area contributed by atoms with E-state index in [1.807, 2.05) is 0 Å². The Morgan fingerprint density at radius 1 is 1.04 bits per heavy atom. The second-order valence-electron chi connectivity index (χ2n) is 7.45. The van der Waals surface area contributed by atoms with Crippen LogP contribution in [0.15, 0.2) is 0 Å². The highest BCUT2D eigenvalue weighted by atomic mass is 16.5. The second kappa shape index (κ2) is 8.16. The number of hydrogen-bond acceptors (Lipinski definition) is 3. The van der Waals surface area contributed by atoms with Crippen molar-refractivity contribution >= 4 is 11.9 Å². The molecule has 2 rings (SSSR count). The van der Waals surface area contributed by atoms with Crippen LogP contribution in [0.4, 0.5) is 0 Å². The van der Waals surface area contributed by atoms with Gasteiger partial charge in [-0.3, -0.25) is 9.59 Å². The van der Waals surface area contributed by atoms with Crippen molar-refractivity contribution in [1.82, 2.24) is 0 Å². The second-order valence-corrected chi connectivity index (χ2v) is 7.45. The summed E-state index contributed by atoms with van der Waals surface area (Å²) >= 11 is 0. The number of rotatable bonds is 7. The van der Waals surface area contributed by atoms with Crippen molar-refractivity contribution in [2.45, 2.75) is 90.6 Å². The van der Waals surface area contributed by atoms with Gasteiger partial charge in [0.25, 0.3) is 0 Å². The fourth-order valence-corrected chi connectivity index (χ4v) is 5.11. The van der Waals surface area contributed by atoms with E-state index in [2.05, 4.69) is 13.8 Å². The summed E-state index contributed by atoms with van der Waals surface area (Å²) in [7, 11) is 0. The van der Waals surface area contributed by atoms with E-state index >= 15 is 0 Å². The Bertz CT molecular complexity index is 408. The quantitative estimate of drug-likeness (QED) is 0.697. The highest BCUT2D eigenvalue weighted by Gasteiger charge is 2.50. The highest BCUT2D eigenvalue weighted by Crippen LogP contribution is 2.55. The Labute approximate surface area is 140 Å². The Morgan fingerprint density at radius 3 is 2.26 bits per heavy atom. The zero-order chi connectivity index (χ0) is 16.9. The lowest BCUT2D eigenvalue weighted by Gasteiger charge is -2.42. The summed E-state index contributed by atoms with van der Waals surface area (Å²) in [6, 6.07) is 0. The van der Waals surface area contributed by atoms with E-state index in [9.17, 15) is 9.59 Å². The molecule has 0 amide bonds. The molecular weight excluding hydrogens is 292 g/mol. The van der Waals surface area contributed by atoms with Gasteiger partial charge in [-0.15, -0.1) is 0 Å². The Balaban J connectivity index is 2.07. The van der Waals surface area contributed by atoms with Crippen molar-refractivity contribution in [2.24, 2.45) is 17.3 Å². The van der Waals surface area contributed by atoms with Crippen LogP contribution in [0.3, 0.4) is 0 Å². The first-order valence-electron chi connectivity index (χ1n) is 9.43. The molecule has 0 aromatic carbocycles. The van der Waals surface area contributed by atoms with E-state index in [-0.39, 0.29) is 24.9 Å². The van der Waals surface area contributed by atoms with Crippen LogP contribution in [-0.2, 0) is 14.3 Å². The number of carboxylic acid groups (broad SMARTS) is 1. The molecule has 2 aliphatic carbocycles. The molecule has 132 valence electrons. The fraction of sp³-hybridized carbons (Fsp3) is 0.895. The molecule has 0 heterocycles. The molecule has 0 aromatic rings. The summed E-state index contributed by atoms with van der Waals surface area (Å²) in [6.45, 7) is 4.54. The molecule has 2 saturated carbocycles. The summed E-state index contributed by atoms with van der Waals surface area (Å²) in [5, 5.41) is 8.73. The lowest BCUT2D eigenvalue weighted by Crippen LogP contribution is -2.38. The van der Waals surface area contributed by atoms with Crippen molar-refractivity contribution < 1.29 is 19.4 Å². The molecule has 2 unspecified atom stereocenters. The van der Waals surface area contributed by atoms with Gasteiger partial charge in [0.1, 0.15) is 6.10 Å². The van der Waals surface area contributed by atoms with Crippen LogP contribution in [0.25, 0.3) is 0 Å². The zero-order valence-electron chi connectivity index (χ0n) is 14.7. The summed E-state index contributed by atoms with van der Waals surface area (Å²) in [5.74, 6) is -0.134. The molecule has 2 fully saturated rings. The number of carboxylic acids is 1. The van der Waals surface area contributed by atoms with Gasteiger partial charge in [-0.05, 0) is 24.2 Å². The molecule has 1 N–H and O–H groups in total. The molecular formula is C19H32O4. The van der Waals surface area contributed by atoms with Gasteiger partial charge in [0.2, 0.25) is 0 Å². The van der Waals surface area contributed by atoms with Gasteiger partial charge in [0.15, 0.2) is 0 Å². The van der Waals surface area contributed by atoms with Crippen molar-refractivity contribution in [3.05, 3.63) is 0 Å². The Morgan fingerprint density at radius 2 is 1.70 bits per heavy atom. The van der Waals surface area contributed by atoms with Crippen LogP contribution in [0.2, 0.25) is 0 Å². The van der Waals surface area contributed by atoms with Gasteiger partial charge in [-0.2, -0.15) is 0 Å². The molecule has 0 aromatic heterocycles. The lowest BCUT2D eigenvalue weighted by molar-refractivity contribution is -0.156. The first kappa shape index (κ1) is 18.3. The summed E-state index contributed by atoms with van der Waals surface area (Å²) < 4.78 is 5.78. The van der Waals surface area contributed by atoms with Gasteiger partial charge in [0.05, 0.1) is 12.8 Å². The molecule has 2 aliphatic rings. The molecule has 0 spiro atoms. The van der Waals surface area contributed by atoms with E-state index < -0.39 is 5.97 Å². The van der Waals surface area contributed by atoms with Crippen molar-refractivity contribution in [3.8, 4) is 0 Å². The fourth-order valence-electron chi connectivity index (χ4n) is 5.11. The molecule has 0 radical (unpaired) electrons. The van der Waals surface area contributed by atoms with Crippen LogP contribution in [0.5, 0.6) is 0 Å². The molecule has 0 bridgehead atoms. The Kier molecular flexibility index (Phi) is 6.49. The normalized spacial score (nSPS) is 27.7. The SMILES string of the molecule is CCC1(CC)CCC(OC(=O)CCC(=O)O)C1C1CCCCC1. The summed E-state index contributed by atoms with van der Waals surface area (Å²) in [6.07, 6.45) is 10.7. The van der Waals surface area contributed by atoms with Gasteiger partial charge >= 0.3 is 11.9 Å². The lowest BCUT2D eigenvalue weighted by atomic mass is 9.64. The number of hydrogen-bond donors (Lipinski definition) is 1. The monoisotopic (exact) mass is 324 g/mol. The third-order valence-corrected chi connectivity index (χ3v) is 6.43. The zero-order valence-corrected chi connectivity index (χ0v) is 14.7. The molecule has 4 heteroatoms. The van der Waals surface area contributed by atoms with Crippen LogP contribution in [-0.4, -0.2) is 23.1 Å². The van der Waals surface area contributed by atoms with E-state index in [0.717, 1.165) is 25.7 Å². The number of esters is 1. The summed E-state index contributed by atoms with van der Waals surface area (Å²) in [5.41, 5.74) is 0.305. The van der Waals surface area contributed by atoms with Gasteiger partial charge in [-0.25, -0.2) is 0 Å². The first-order valence-corrected chi connectivity index (χ1v) is 9.43. The number of aliphatic carboxylic acids is 1. The molecule has 4 nitrogen and oxygen atoms in total. The van der Waals surface area contributed by atoms with Crippen molar-refractivity contribution in [2.75, 3.05) is 0 Å². The maximum atomic E-state index is 12.0. The maximum absolute atomic E-state index is 12.0. The molecule has 0 saturated heterocycles. The van der Waals surface area contributed by atoms with E-state index in [1.165, 1.54) is 32.1 Å². The average Bonchev–Trinajstić information content (AvgIpc) is 2.92. The topological polar surface area (TPSA) is 63.6 Å². The van der Waals surface area contributed by atoms with Crippen LogP contribution in [0.1, 0.15) is 84.5 Å². The predicted octanol–water partition coefficient (Wildman–Crippen LogP) is 4.56. The molecule has 2 atom stereocenters. The number of ether oxygens (including phenoxy) is 1. The van der Waals surface area contributed by atoms with E-state index in [4.69, 9.17) is 9.84 Å². The number of carbonyl (C=O) groups excluding carboxylic acids is 1. The Hall–Kier alpha value is -1.06. The average molecular weight is 324 g/mol. The van der Waals surface area contributed by atoms with E-state index in [0.29, 0.717) is 17.3 Å². The first-order chi connectivity index (χ1) is 11.0. The molecule has 23 heavy (non-hydrogen) atoms. The number of carbonyl (C=O) groups is 2. The van der Waals surface area contributed by atoms with E-state index in [1.54, 1.807) is 0 Å². The predicted molar refractivity (Wildman–Crippen MR) is 89.1 cm³/mol. The van der Waals surface area contributed by atoms with Crippen LogP contribution in [0, 0.1) is 17.3 Å². The minimum Gasteiger partial charge on any atom is -0.481 e. The molecule has 0 aliphatic heterocycles. The minimum absolute atomic E-state index is 0.000653. The highest BCUT2D eigenvalue weighted by molar-refractivity contribution is 5.76. The smallest absolute Gasteiger partial charge is 0.306 e.